The number of benzene rings is 3. The number of hydrogen-bond acceptors (Lipinski definition) is 6. The molecule has 0 unspecified atom stereocenters. The number of fused-ring (bicyclic) bond motifs is 1. The standard InChI is InChI=1S/C24H14ClN3O4/c25-16-8-10-23-20(13-16)27-24(32-23)15-4-3-5-17(12-15)26-14-18-9-11-22(31-18)19-6-1-2-7-21(19)28(29)30/h1-14H. The molecule has 0 saturated heterocycles. The molecule has 3 aromatic carbocycles. The molecule has 0 aliphatic carbocycles. The highest BCUT2D eigenvalue weighted by Crippen LogP contribution is 2.31. The van der Waals surface area contributed by atoms with Gasteiger partial charge in [0.25, 0.3) is 5.69 Å². The summed E-state index contributed by atoms with van der Waals surface area (Å²) in [7, 11) is 0. The number of aliphatic imine (C=N–C) groups is 1. The second-order valence-corrected chi connectivity index (χ2v) is 7.35. The van der Waals surface area contributed by atoms with Crippen molar-refractivity contribution in [1.29, 1.82) is 0 Å². The highest BCUT2D eigenvalue weighted by atomic mass is 35.5. The number of nitro groups is 1. The number of nitrogens with zero attached hydrogens (tertiary/aromatic N) is 3. The van der Waals surface area contributed by atoms with E-state index in [-0.39, 0.29) is 5.69 Å². The van der Waals surface area contributed by atoms with Gasteiger partial charge in [0.05, 0.1) is 22.4 Å². The van der Waals surface area contributed by atoms with Gasteiger partial charge in [0.2, 0.25) is 5.89 Å². The monoisotopic (exact) mass is 443 g/mol. The quantitative estimate of drug-likeness (QED) is 0.164. The average molecular weight is 444 g/mol. The number of para-hydroxylation sites is 1. The minimum Gasteiger partial charge on any atom is -0.455 e. The van der Waals surface area contributed by atoms with E-state index in [4.69, 9.17) is 20.4 Å². The molecule has 32 heavy (non-hydrogen) atoms. The third-order valence-corrected chi connectivity index (χ3v) is 5.01. The van der Waals surface area contributed by atoms with Crippen LogP contribution in [0.4, 0.5) is 11.4 Å². The lowest BCUT2D eigenvalue weighted by atomic mass is 10.1. The van der Waals surface area contributed by atoms with Crippen LogP contribution in [0, 0.1) is 10.1 Å². The van der Waals surface area contributed by atoms with E-state index in [1.165, 1.54) is 6.07 Å². The molecule has 8 heteroatoms. The van der Waals surface area contributed by atoms with Crippen LogP contribution in [0.15, 0.2) is 92.7 Å². The van der Waals surface area contributed by atoms with Gasteiger partial charge < -0.3 is 8.83 Å². The Bertz CT molecular complexity index is 1490. The molecule has 0 fully saturated rings. The lowest BCUT2D eigenvalue weighted by molar-refractivity contribution is -0.384. The molecule has 0 atom stereocenters. The van der Waals surface area contributed by atoms with Gasteiger partial charge in [0.15, 0.2) is 5.58 Å². The molecule has 0 aliphatic rings. The van der Waals surface area contributed by atoms with Crippen molar-refractivity contribution >= 4 is 40.3 Å². The summed E-state index contributed by atoms with van der Waals surface area (Å²) in [6, 6.07) is 22.5. The third-order valence-electron chi connectivity index (χ3n) is 4.78. The van der Waals surface area contributed by atoms with Crippen LogP contribution in [0.3, 0.4) is 0 Å². The molecule has 0 radical (unpaired) electrons. The Hall–Kier alpha value is -4.23. The van der Waals surface area contributed by atoms with Crippen LogP contribution in [-0.4, -0.2) is 16.1 Å². The van der Waals surface area contributed by atoms with Crippen molar-refractivity contribution in [3.8, 4) is 22.8 Å². The van der Waals surface area contributed by atoms with E-state index in [0.29, 0.717) is 44.8 Å². The number of hydrogen-bond donors (Lipinski definition) is 0. The Morgan fingerprint density at radius 3 is 2.72 bits per heavy atom. The minimum atomic E-state index is -0.433. The maximum atomic E-state index is 11.3. The van der Waals surface area contributed by atoms with Gasteiger partial charge in [-0.25, -0.2) is 4.98 Å². The van der Waals surface area contributed by atoms with Gasteiger partial charge in [-0.2, -0.15) is 0 Å². The molecule has 156 valence electrons. The van der Waals surface area contributed by atoms with Crippen molar-refractivity contribution in [2.45, 2.75) is 0 Å². The molecule has 0 aliphatic heterocycles. The summed E-state index contributed by atoms with van der Waals surface area (Å²) in [5.41, 5.74) is 3.17. The van der Waals surface area contributed by atoms with Crippen molar-refractivity contribution in [3.63, 3.8) is 0 Å². The molecule has 0 saturated carbocycles. The number of halogens is 1. The molecule has 5 aromatic rings. The van der Waals surface area contributed by atoms with Crippen molar-refractivity contribution in [1.82, 2.24) is 4.98 Å². The fourth-order valence-corrected chi connectivity index (χ4v) is 3.46. The van der Waals surface area contributed by atoms with Gasteiger partial charge in [-0.1, -0.05) is 29.8 Å². The first-order chi connectivity index (χ1) is 15.6. The summed E-state index contributed by atoms with van der Waals surface area (Å²) in [6.45, 7) is 0. The Kier molecular flexibility index (Phi) is 5.01. The van der Waals surface area contributed by atoms with Crippen LogP contribution in [0.2, 0.25) is 5.02 Å². The Balaban J connectivity index is 1.41. The zero-order valence-corrected chi connectivity index (χ0v) is 17.2. The van der Waals surface area contributed by atoms with E-state index in [2.05, 4.69) is 9.98 Å². The molecule has 0 amide bonds. The smallest absolute Gasteiger partial charge is 0.280 e. The zero-order chi connectivity index (χ0) is 22.1. The molecule has 0 spiro atoms. The molecule has 2 heterocycles. The van der Waals surface area contributed by atoms with Crippen molar-refractivity contribution in [2.75, 3.05) is 0 Å². The summed E-state index contributed by atoms with van der Waals surface area (Å²) in [5.74, 6) is 1.34. The fraction of sp³-hybridized carbons (Fsp3) is 0. The van der Waals surface area contributed by atoms with Gasteiger partial charge in [0.1, 0.15) is 17.0 Å². The van der Waals surface area contributed by atoms with E-state index < -0.39 is 4.92 Å². The van der Waals surface area contributed by atoms with Gasteiger partial charge >= 0.3 is 0 Å². The molecule has 5 rings (SSSR count). The van der Waals surface area contributed by atoms with Crippen LogP contribution in [-0.2, 0) is 0 Å². The minimum absolute atomic E-state index is 0.0161. The highest BCUT2D eigenvalue weighted by molar-refractivity contribution is 6.31. The predicted molar refractivity (Wildman–Crippen MR) is 123 cm³/mol. The van der Waals surface area contributed by atoms with Gasteiger partial charge in [-0.05, 0) is 54.6 Å². The first-order valence-corrected chi connectivity index (χ1v) is 9.99. The summed E-state index contributed by atoms with van der Waals surface area (Å²) in [6.07, 6.45) is 1.56. The van der Waals surface area contributed by atoms with Crippen LogP contribution >= 0.6 is 11.6 Å². The normalized spacial score (nSPS) is 11.4. The molecule has 7 nitrogen and oxygen atoms in total. The van der Waals surface area contributed by atoms with Crippen molar-refractivity contribution in [2.24, 2.45) is 4.99 Å². The third kappa shape index (κ3) is 3.89. The molecule has 0 N–H and O–H groups in total. The maximum absolute atomic E-state index is 11.3. The lowest BCUT2D eigenvalue weighted by Crippen LogP contribution is -1.90. The van der Waals surface area contributed by atoms with Gasteiger partial charge in [-0.15, -0.1) is 0 Å². The van der Waals surface area contributed by atoms with Crippen LogP contribution < -0.4 is 0 Å². The number of rotatable bonds is 5. The van der Waals surface area contributed by atoms with Crippen molar-refractivity contribution in [3.05, 3.63) is 99.8 Å². The highest BCUT2D eigenvalue weighted by Gasteiger charge is 2.17. The maximum Gasteiger partial charge on any atom is 0.280 e. The van der Waals surface area contributed by atoms with Crippen LogP contribution in [0.1, 0.15) is 5.76 Å². The lowest BCUT2D eigenvalue weighted by Gasteiger charge is -1.99. The molecular weight excluding hydrogens is 430 g/mol. The number of oxazole rings is 1. The summed E-state index contributed by atoms with van der Waals surface area (Å²) >= 11 is 6.02. The van der Waals surface area contributed by atoms with E-state index in [0.717, 1.165) is 5.56 Å². The predicted octanol–water partition coefficient (Wildman–Crippen LogP) is 7.07. The molecule has 2 aromatic heterocycles. The first-order valence-electron chi connectivity index (χ1n) is 9.61. The average Bonchev–Trinajstić information content (AvgIpc) is 3.45. The summed E-state index contributed by atoms with van der Waals surface area (Å²) < 4.78 is 11.6. The largest absolute Gasteiger partial charge is 0.455 e. The van der Waals surface area contributed by atoms with Gasteiger partial charge in [0, 0.05) is 16.7 Å². The Labute approximate surface area is 186 Å². The van der Waals surface area contributed by atoms with E-state index in [1.807, 2.05) is 24.3 Å². The topological polar surface area (TPSA) is 94.7 Å². The molecular formula is C24H14ClN3O4. The van der Waals surface area contributed by atoms with Crippen LogP contribution in [0.5, 0.6) is 0 Å². The van der Waals surface area contributed by atoms with Crippen LogP contribution in [0.25, 0.3) is 33.9 Å². The second kappa shape index (κ2) is 8.13. The summed E-state index contributed by atoms with van der Waals surface area (Å²) in [5, 5.41) is 11.8. The zero-order valence-electron chi connectivity index (χ0n) is 16.4. The van der Waals surface area contributed by atoms with E-state index in [1.54, 1.807) is 54.7 Å². The van der Waals surface area contributed by atoms with Crippen molar-refractivity contribution < 1.29 is 13.8 Å². The summed E-state index contributed by atoms with van der Waals surface area (Å²) in [4.78, 5) is 19.8. The van der Waals surface area contributed by atoms with E-state index >= 15 is 0 Å². The fourth-order valence-electron chi connectivity index (χ4n) is 3.29. The Morgan fingerprint density at radius 1 is 0.969 bits per heavy atom. The number of nitro benzene ring substituents is 1. The number of furan rings is 1. The first kappa shape index (κ1) is 19.7. The second-order valence-electron chi connectivity index (χ2n) is 6.92. The van der Waals surface area contributed by atoms with Gasteiger partial charge in [-0.3, -0.25) is 15.1 Å². The Morgan fingerprint density at radius 2 is 1.84 bits per heavy atom. The SMILES string of the molecule is O=[N+]([O-])c1ccccc1-c1ccc(C=Nc2cccc(-c3nc4cc(Cl)ccc4o3)c2)o1. The molecule has 0 bridgehead atoms. The van der Waals surface area contributed by atoms with E-state index in [9.17, 15) is 10.1 Å². The number of aromatic nitrogens is 1.